The van der Waals surface area contributed by atoms with Crippen LogP contribution in [0.1, 0.15) is 27.9 Å². The first kappa shape index (κ1) is 21.0. The van der Waals surface area contributed by atoms with Crippen molar-refractivity contribution in [2.45, 2.75) is 19.3 Å². The van der Waals surface area contributed by atoms with Crippen molar-refractivity contribution in [3.63, 3.8) is 0 Å². The number of carbonyl (C=O) groups excluding carboxylic acids is 1. The third-order valence-electron chi connectivity index (χ3n) is 4.97. The van der Waals surface area contributed by atoms with Gasteiger partial charge in [0.2, 0.25) is 10.0 Å². The molecule has 1 aliphatic rings. The largest absolute Gasteiger partial charge is 0.493 e. The minimum atomic E-state index is -3.31. The number of aryl methyl sites for hydroxylation is 1. The van der Waals surface area contributed by atoms with Crippen LogP contribution in [0.5, 0.6) is 11.5 Å². The second-order valence-corrected chi connectivity index (χ2v) is 8.88. The second kappa shape index (κ2) is 8.73. The van der Waals surface area contributed by atoms with E-state index < -0.39 is 10.0 Å². The summed E-state index contributed by atoms with van der Waals surface area (Å²) in [7, 11) is -0.138. The Morgan fingerprint density at radius 3 is 2.55 bits per heavy atom. The predicted molar refractivity (Wildman–Crippen MR) is 113 cm³/mol. The predicted octanol–water partition coefficient (Wildman–Crippen LogP) is 2.39. The van der Waals surface area contributed by atoms with E-state index in [1.54, 1.807) is 32.4 Å². The summed E-state index contributed by atoms with van der Waals surface area (Å²) in [5.41, 5.74) is 3.11. The molecule has 8 heteroatoms. The zero-order valence-corrected chi connectivity index (χ0v) is 17.7. The van der Waals surface area contributed by atoms with Gasteiger partial charge in [0.1, 0.15) is 0 Å². The van der Waals surface area contributed by atoms with Crippen LogP contribution in [0.4, 0.5) is 5.69 Å². The van der Waals surface area contributed by atoms with Crippen molar-refractivity contribution in [2.24, 2.45) is 0 Å². The van der Waals surface area contributed by atoms with Gasteiger partial charge in [-0.3, -0.25) is 9.10 Å². The molecular formula is C21H26N2O5S. The topological polar surface area (TPSA) is 84.9 Å². The first-order valence-corrected chi connectivity index (χ1v) is 11.3. The maximum atomic E-state index is 12.5. The minimum Gasteiger partial charge on any atom is -0.493 e. The van der Waals surface area contributed by atoms with E-state index in [9.17, 15) is 13.2 Å². The molecule has 29 heavy (non-hydrogen) atoms. The molecule has 3 rings (SSSR count). The van der Waals surface area contributed by atoms with Crippen LogP contribution in [-0.2, 0) is 22.9 Å². The van der Waals surface area contributed by atoms with E-state index in [1.165, 1.54) is 10.6 Å². The van der Waals surface area contributed by atoms with Gasteiger partial charge in [-0.05, 0) is 60.7 Å². The smallest absolute Gasteiger partial charge is 0.251 e. The Kier molecular flexibility index (Phi) is 6.32. The molecular weight excluding hydrogens is 392 g/mol. The number of ether oxygens (including phenoxy) is 2. The lowest BCUT2D eigenvalue weighted by Gasteiger charge is -2.29. The number of hydrogen-bond acceptors (Lipinski definition) is 5. The average Bonchev–Trinajstić information content (AvgIpc) is 2.71. The molecule has 156 valence electrons. The number of amides is 1. The Morgan fingerprint density at radius 1 is 1.10 bits per heavy atom. The standard InChI is InChI=1S/C21H26N2O5S/c1-27-19-9-6-15(13-20(19)28-2)10-11-22-21(24)17-7-8-18-16(14-17)5-4-12-23(18)29(3,25)26/h6-9,13-14H,4-5,10-12H2,1-3H3,(H,22,24). The van der Waals surface area contributed by atoms with E-state index in [-0.39, 0.29) is 5.91 Å². The summed E-state index contributed by atoms with van der Waals surface area (Å²) in [5, 5.41) is 2.92. The van der Waals surface area contributed by atoms with Gasteiger partial charge in [0.05, 0.1) is 26.2 Å². The molecule has 1 N–H and O–H groups in total. The van der Waals surface area contributed by atoms with Crippen LogP contribution in [0, 0.1) is 0 Å². The lowest BCUT2D eigenvalue weighted by atomic mass is 10.0. The monoisotopic (exact) mass is 418 g/mol. The fraction of sp³-hybridized carbons (Fsp3) is 0.381. The number of fused-ring (bicyclic) bond motifs is 1. The van der Waals surface area contributed by atoms with Gasteiger partial charge in [-0.2, -0.15) is 0 Å². The van der Waals surface area contributed by atoms with Crippen molar-refractivity contribution in [1.29, 1.82) is 0 Å². The highest BCUT2D eigenvalue weighted by Crippen LogP contribution is 2.30. The number of hydrogen-bond donors (Lipinski definition) is 1. The van der Waals surface area contributed by atoms with Crippen molar-refractivity contribution in [3.05, 3.63) is 53.1 Å². The molecule has 0 unspecified atom stereocenters. The van der Waals surface area contributed by atoms with Gasteiger partial charge in [0.25, 0.3) is 5.91 Å². The molecule has 2 aromatic rings. The molecule has 0 saturated heterocycles. The fourth-order valence-corrected chi connectivity index (χ4v) is 4.50. The molecule has 0 spiro atoms. The first-order valence-electron chi connectivity index (χ1n) is 9.43. The molecule has 1 aliphatic heterocycles. The van der Waals surface area contributed by atoms with Crippen LogP contribution in [-0.4, -0.2) is 47.9 Å². The third kappa shape index (κ3) is 4.82. The maximum Gasteiger partial charge on any atom is 0.251 e. The van der Waals surface area contributed by atoms with E-state index in [1.807, 2.05) is 18.2 Å². The van der Waals surface area contributed by atoms with Crippen molar-refractivity contribution in [1.82, 2.24) is 5.32 Å². The summed E-state index contributed by atoms with van der Waals surface area (Å²) in [6, 6.07) is 10.9. The summed E-state index contributed by atoms with van der Waals surface area (Å²) in [6.07, 6.45) is 3.36. The summed E-state index contributed by atoms with van der Waals surface area (Å²) >= 11 is 0. The Morgan fingerprint density at radius 2 is 1.86 bits per heavy atom. The van der Waals surface area contributed by atoms with Crippen LogP contribution >= 0.6 is 0 Å². The molecule has 0 aromatic heterocycles. The minimum absolute atomic E-state index is 0.176. The van der Waals surface area contributed by atoms with Crippen molar-refractivity contribution in [3.8, 4) is 11.5 Å². The van der Waals surface area contributed by atoms with Gasteiger partial charge in [-0.15, -0.1) is 0 Å². The second-order valence-electron chi connectivity index (χ2n) is 6.98. The van der Waals surface area contributed by atoms with Crippen molar-refractivity contribution < 1.29 is 22.7 Å². The van der Waals surface area contributed by atoms with Gasteiger partial charge in [-0.25, -0.2) is 8.42 Å². The molecule has 7 nitrogen and oxygen atoms in total. The van der Waals surface area contributed by atoms with E-state index in [4.69, 9.17) is 9.47 Å². The Hall–Kier alpha value is -2.74. The van der Waals surface area contributed by atoms with Gasteiger partial charge < -0.3 is 14.8 Å². The molecule has 0 bridgehead atoms. The quantitative estimate of drug-likeness (QED) is 0.746. The first-order chi connectivity index (χ1) is 13.8. The number of benzene rings is 2. The number of sulfonamides is 1. The van der Waals surface area contributed by atoms with Crippen LogP contribution in [0.15, 0.2) is 36.4 Å². The molecule has 1 amide bonds. The summed E-state index contributed by atoms with van der Waals surface area (Å²) in [4.78, 5) is 12.5. The van der Waals surface area contributed by atoms with Gasteiger partial charge in [0, 0.05) is 18.7 Å². The van der Waals surface area contributed by atoms with Crippen molar-refractivity contribution >= 4 is 21.6 Å². The zero-order chi connectivity index (χ0) is 21.0. The lowest BCUT2D eigenvalue weighted by molar-refractivity contribution is 0.0954. The maximum absolute atomic E-state index is 12.5. The average molecular weight is 419 g/mol. The van der Waals surface area contributed by atoms with E-state index >= 15 is 0 Å². The number of nitrogens with one attached hydrogen (secondary N) is 1. The highest BCUT2D eigenvalue weighted by atomic mass is 32.2. The van der Waals surface area contributed by atoms with Crippen LogP contribution < -0.4 is 19.1 Å². The fourth-order valence-electron chi connectivity index (χ4n) is 3.51. The van der Waals surface area contributed by atoms with Crippen LogP contribution in [0.2, 0.25) is 0 Å². The van der Waals surface area contributed by atoms with E-state index in [0.717, 1.165) is 24.0 Å². The molecule has 1 heterocycles. The Balaban J connectivity index is 1.65. The Labute approximate surface area is 171 Å². The summed E-state index contributed by atoms with van der Waals surface area (Å²) in [5.74, 6) is 1.14. The van der Waals surface area contributed by atoms with E-state index in [0.29, 0.717) is 42.3 Å². The third-order valence-corrected chi connectivity index (χ3v) is 6.15. The molecule has 2 aromatic carbocycles. The van der Waals surface area contributed by atoms with Gasteiger partial charge in [0.15, 0.2) is 11.5 Å². The molecule has 0 aliphatic carbocycles. The number of rotatable bonds is 7. The number of carbonyl (C=O) groups is 1. The van der Waals surface area contributed by atoms with Crippen LogP contribution in [0.25, 0.3) is 0 Å². The van der Waals surface area contributed by atoms with Crippen LogP contribution in [0.3, 0.4) is 0 Å². The highest BCUT2D eigenvalue weighted by molar-refractivity contribution is 7.92. The number of methoxy groups -OCH3 is 2. The molecule has 0 radical (unpaired) electrons. The molecule has 0 fully saturated rings. The van der Waals surface area contributed by atoms with E-state index in [2.05, 4.69) is 5.32 Å². The molecule has 0 atom stereocenters. The number of anilines is 1. The lowest BCUT2D eigenvalue weighted by Crippen LogP contribution is -2.34. The highest BCUT2D eigenvalue weighted by Gasteiger charge is 2.24. The summed E-state index contributed by atoms with van der Waals surface area (Å²) in [6.45, 7) is 0.948. The zero-order valence-electron chi connectivity index (χ0n) is 16.9. The summed E-state index contributed by atoms with van der Waals surface area (Å²) < 4.78 is 35.9. The molecule has 0 saturated carbocycles. The van der Waals surface area contributed by atoms with Gasteiger partial charge >= 0.3 is 0 Å². The Bertz CT molecular complexity index is 1000. The van der Waals surface area contributed by atoms with Gasteiger partial charge in [-0.1, -0.05) is 6.07 Å². The number of nitrogens with zero attached hydrogens (tertiary/aromatic N) is 1. The van der Waals surface area contributed by atoms with Crippen molar-refractivity contribution in [2.75, 3.05) is 37.9 Å². The SMILES string of the molecule is COc1ccc(CCNC(=O)c2ccc3c(c2)CCCN3S(C)(=O)=O)cc1OC. The normalized spacial score (nSPS) is 13.6.